The summed E-state index contributed by atoms with van der Waals surface area (Å²) < 4.78 is 15.7. The van der Waals surface area contributed by atoms with E-state index in [9.17, 15) is 14.0 Å². The monoisotopic (exact) mass is 447 g/mol. The average molecular weight is 448 g/mol. The molecule has 1 saturated heterocycles. The van der Waals surface area contributed by atoms with Gasteiger partial charge in [0.1, 0.15) is 11.9 Å². The number of aromatic nitrogens is 1. The Morgan fingerprint density at radius 2 is 2.07 bits per heavy atom. The highest BCUT2D eigenvalue weighted by Crippen LogP contribution is 2.28. The van der Waals surface area contributed by atoms with Crippen molar-refractivity contribution in [2.75, 3.05) is 11.9 Å². The van der Waals surface area contributed by atoms with E-state index in [-0.39, 0.29) is 11.5 Å². The number of halogens is 2. The maximum atomic E-state index is 14.1. The normalized spacial score (nSPS) is 16.7. The number of nitrogens with zero attached hydrogens (tertiary/aromatic N) is 2. The number of carbonyl (C=O) groups excluding carboxylic acids is 2. The van der Waals surface area contributed by atoms with Crippen molar-refractivity contribution in [1.82, 2.24) is 9.88 Å². The largest absolute Gasteiger partial charge is 0.327 e. The van der Waals surface area contributed by atoms with Gasteiger partial charge in [0.05, 0.1) is 15.8 Å². The Bertz CT molecular complexity index is 1010. The molecule has 1 aliphatic heterocycles. The Kier molecular flexibility index (Phi) is 4.92. The van der Waals surface area contributed by atoms with Crippen molar-refractivity contribution in [2.24, 2.45) is 0 Å². The van der Waals surface area contributed by atoms with Crippen LogP contribution in [0.25, 0.3) is 10.2 Å². The van der Waals surface area contributed by atoms with Crippen LogP contribution in [0.1, 0.15) is 23.2 Å². The lowest BCUT2D eigenvalue weighted by molar-refractivity contribution is -0.119. The quantitative estimate of drug-likeness (QED) is 0.645. The lowest BCUT2D eigenvalue weighted by Crippen LogP contribution is -2.43. The number of hydrogen-bond acceptors (Lipinski definition) is 4. The van der Waals surface area contributed by atoms with Crippen LogP contribution in [0.15, 0.2) is 46.9 Å². The summed E-state index contributed by atoms with van der Waals surface area (Å²) in [6, 6.07) is 11.2. The minimum absolute atomic E-state index is 0.0379. The van der Waals surface area contributed by atoms with Gasteiger partial charge in [-0.15, -0.1) is 0 Å². The summed E-state index contributed by atoms with van der Waals surface area (Å²) in [6.45, 7) is 0.419. The van der Waals surface area contributed by atoms with Gasteiger partial charge in [0.2, 0.25) is 5.91 Å². The number of benzene rings is 2. The highest BCUT2D eigenvalue weighted by molar-refractivity contribution is 9.10. The molecule has 2 heterocycles. The second kappa shape index (κ2) is 7.36. The molecule has 5 nitrogen and oxygen atoms in total. The number of thiazole rings is 1. The van der Waals surface area contributed by atoms with Crippen LogP contribution < -0.4 is 5.32 Å². The first-order chi connectivity index (χ1) is 13.0. The third-order valence-electron chi connectivity index (χ3n) is 4.50. The van der Waals surface area contributed by atoms with Gasteiger partial charge in [-0.1, -0.05) is 39.4 Å². The topological polar surface area (TPSA) is 62.3 Å². The van der Waals surface area contributed by atoms with Crippen LogP contribution in [0.3, 0.4) is 0 Å². The standard InChI is InChI=1S/C19H15BrFN3O2S/c20-11-7-8-13(21)12(10-11)18(26)24-9-3-5-15(24)17(25)23-19-22-14-4-1-2-6-16(14)27-19/h1-2,4,6-8,10,15H,3,5,9H2,(H,22,23,25). The van der Waals surface area contributed by atoms with Gasteiger partial charge < -0.3 is 10.2 Å². The molecule has 0 radical (unpaired) electrons. The summed E-state index contributed by atoms with van der Waals surface area (Å²) in [4.78, 5) is 31.4. The van der Waals surface area contributed by atoms with Crippen molar-refractivity contribution >= 4 is 54.4 Å². The molecule has 0 saturated carbocycles. The molecule has 2 aromatic carbocycles. The minimum Gasteiger partial charge on any atom is -0.327 e. The van der Waals surface area contributed by atoms with Crippen molar-refractivity contribution in [3.8, 4) is 0 Å². The van der Waals surface area contributed by atoms with E-state index in [1.807, 2.05) is 24.3 Å². The molecule has 1 atom stereocenters. The molecule has 1 fully saturated rings. The van der Waals surface area contributed by atoms with Crippen molar-refractivity contribution < 1.29 is 14.0 Å². The number of rotatable bonds is 3. The Morgan fingerprint density at radius 3 is 2.89 bits per heavy atom. The molecule has 2 amide bonds. The number of hydrogen-bond donors (Lipinski definition) is 1. The molecule has 27 heavy (non-hydrogen) atoms. The van der Waals surface area contributed by atoms with Gasteiger partial charge >= 0.3 is 0 Å². The van der Waals surface area contributed by atoms with Crippen LogP contribution in [0.5, 0.6) is 0 Å². The van der Waals surface area contributed by atoms with Crippen LogP contribution in [0.2, 0.25) is 0 Å². The summed E-state index contributed by atoms with van der Waals surface area (Å²) in [6.07, 6.45) is 1.23. The molecule has 0 aliphatic carbocycles. The maximum Gasteiger partial charge on any atom is 0.257 e. The second-order valence-corrected chi connectivity index (χ2v) is 8.20. The number of anilines is 1. The predicted molar refractivity (Wildman–Crippen MR) is 106 cm³/mol. The zero-order valence-corrected chi connectivity index (χ0v) is 16.5. The van der Waals surface area contributed by atoms with Gasteiger partial charge in [0.15, 0.2) is 5.13 Å². The summed E-state index contributed by atoms with van der Waals surface area (Å²) in [5.41, 5.74) is 0.775. The smallest absolute Gasteiger partial charge is 0.257 e. The average Bonchev–Trinajstić information content (AvgIpc) is 3.29. The van der Waals surface area contributed by atoms with Gasteiger partial charge in [-0.2, -0.15) is 0 Å². The zero-order valence-electron chi connectivity index (χ0n) is 14.1. The maximum absolute atomic E-state index is 14.1. The lowest BCUT2D eigenvalue weighted by atomic mass is 10.1. The molecule has 3 aromatic rings. The minimum atomic E-state index is -0.636. The van der Waals surface area contributed by atoms with E-state index in [4.69, 9.17) is 0 Å². The van der Waals surface area contributed by atoms with E-state index >= 15 is 0 Å². The molecule has 1 unspecified atom stereocenters. The molecular formula is C19H15BrFN3O2S. The van der Waals surface area contributed by atoms with E-state index in [1.54, 1.807) is 0 Å². The highest BCUT2D eigenvalue weighted by atomic mass is 79.9. The van der Waals surface area contributed by atoms with Gasteiger partial charge in [-0.3, -0.25) is 9.59 Å². The van der Waals surface area contributed by atoms with Crippen molar-refractivity contribution in [3.63, 3.8) is 0 Å². The Labute approximate surface area is 167 Å². The van der Waals surface area contributed by atoms with E-state index in [0.29, 0.717) is 29.0 Å². The zero-order chi connectivity index (χ0) is 19.0. The molecule has 1 aromatic heterocycles. The van der Waals surface area contributed by atoms with Crippen LogP contribution in [-0.2, 0) is 4.79 Å². The van der Waals surface area contributed by atoms with E-state index < -0.39 is 17.8 Å². The number of nitrogens with one attached hydrogen (secondary N) is 1. The fourth-order valence-electron chi connectivity index (χ4n) is 3.21. The highest BCUT2D eigenvalue weighted by Gasteiger charge is 2.35. The summed E-state index contributed by atoms with van der Waals surface area (Å²) >= 11 is 4.64. The van der Waals surface area contributed by atoms with Crippen LogP contribution in [0, 0.1) is 5.82 Å². The molecule has 1 aliphatic rings. The molecule has 138 valence electrons. The van der Waals surface area contributed by atoms with E-state index in [2.05, 4.69) is 26.2 Å². The third kappa shape index (κ3) is 3.59. The van der Waals surface area contributed by atoms with Crippen molar-refractivity contribution in [1.29, 1.82) is 0 Å². The Hall–Kier alpha value is -2.32. The Balaban J connectivity index is 1.54. The summed E-state index contributed by atoms with van der Waals surface area (Å²) in [7, 11) is 0. The number of carbonyl (C=O) groups is 2. The van der Waals surface area contributed by atoms with Gasteiger partial charge in [0, 0.05) is 11.0 Å². The molecule has 0 bridgehead atoms. The van der Waals surface area contributed by atoms with Crippen molar-refractivity contribution in [3.05, 3.63) is 58.3 Å². The Morgan fingerprint density at radius 1 is 1.26 bits per heavy atom. The number of amides is 2. The summed E-state index contributed by atoms with van der Waals surface area (Å²) in [5.74, 6) is -1.37. The first-order valence-electron chi connectivity index (χ1n) is 8.45. The number of para-hydroxylation sites is 1. The predicted octanol–water partition coefficient (Wildman–Crippen LogP) is 4.44. The van der Waals surface area contributed by atoms with E-state index in [1.165, 1.54) is 34.4 Å². The van der Waals surface area contributed by atoms with Gasteiger partial charge in [-0.25, -0.2) is 9.37 Å². The first kappa shape index (κ1) is 18.1. The molecule has 0 spiro atoms. The fourth-order valence-corrected chi connectivity index (χ4v) is 4.44. The van der Waals surface area contributed by atoms with Crippen molar-refractivity contribution in [2.45, 2.75) is 18.9 Å². The van der Waals surface area contributed by atoms with Crippen LogP contribution in [0.4, 0.5) is 9.52 Å². The number of fused-ring (bicyclic) bond motifs is 1. The van der Waals surface area contributed by atoms with E-state index in [0.717, 1.165) is 10.2 Å². The van der Waals surface area contributed by atoms with Crippen LogP contribution in [-0.4, -0.2) is 34.3 Å². The van der Waals surface area contributed by atoms with Gasteiger partial charge in [-0.05, 0) is 43.2 Å². The third-order valence-corrected chi connectivity index (χ3v) is 5.94. The first-order valence-corrected chi connectivity index (χ1v) is 10.1. The number of likely N-dealkylation sites (tertiary alicyclic amines) is 1. The summed E-state index contributed by atoms with van der Waals surface area (Å²) in [5, 5.41) is 3.30. The molecular weight excluding hydrogens is 433 g/mol. The molecule has 1 N–H and O–H groups in total. The fraction of sp³-hybridized carbons (Fsp3) is 0.211. The lowest BCUT2D eigenvalue weighted by Gasteiger charge is -2.23. The van der Waals surface area contributed by atoms with Crippen LogP contribution >= 0.6 is 27.3 Å². The molecule has 4 rings (SSSR count). The SMILES string of the molecule is O=C(Nc1nc2ccccc2s1)C1CCCN1C(=O)c1cc(Br)ccc1F. The van der Waals surface area contributed by atoms with Gasteiger partial charge in [0.25, 0.3) is 5.91 Å². The molecule has 8 heteroatoms. The second-order valence-electron chi connectivity index (χ2n) is 6.26.